The van der Waals surface area contributed by atoms with E-state index >= 15 is 0 Å². The molecule has 0 radical (unpaired) electrons. The van der Waals surface area contributed by atoms with Crippen molar-refractivity contribution in [1.29, 1.82) is 0 Å². The van der Waals surface area contributed by atoms with Crippen molar-refractivity contribution in [1.82, 2.24) is 15.1 Å². The van der Waals surface area contributed by atoms with E-state index in [9.17, 15) is 18.0 Å². The van der Waals surface area contributed by atoms with Crippen molar-refractivity contribution in [3.05, 3.63) is 76.6 Å². The zero-order valence-electron chi connectivity index (χ0n) is 18.4. The van der Waals surface area contributed by atoms with E-state index in [0.717, 1.165) is 36.2 Å². The van der Waals surface area contributed by atoms with Gasteiger partial charge in [-0.2, -0.15) is 18.3 Å². The Kier molecular flexibility index (Phi) is 6.42. The van der Waals surface area contributed by atoms with E-state index in [4.69, 9.17) is 4.74 Å². The van der Waals surface area contributed by atoms with Gasteiger partial charge in [0.25, 0.3) is 5.91 Å². The third-order valence-corrected chi connectivity index (χ3v) is 5.60. The second-order valence-corrected chi connectivity index (χ2v) is 8.01. The summed E-state index contributed by atoms with van der Waals surface area (Å²) >= 11 is 0. The van der Waals surface area contributed by atoms with Crippen LogP contribution < -0.4 is 10.2 Å². The Hall–Kier alpha value is -3.33. The van der Waals surface area contributed by atoms with Gasteiger partial charge in [0.2, 0.25) is 0 Å². The summed E-state index contributed by atoms with van der Waals surface area (Å²) in [7, 11) is 0. The number of alkyl halides is 3. The molecule has 0 atom stereocenters. The van der Waals surface area contributed by atoms with Crippen molar-refractivity contribution in [2.45, 2.75) is 26.6 Å². The highest BCUT2D eigenvalue weighted by Gasteiger charge is 2.34. The third kappa shape index (κ3) is 5.19. The molecule has 174 valence electrons. The van der Waals surface area contributed by atoms with Gasteiger partial charge in [-0.3, -0.25) is 4.79 Å². The normalized spacial score (nSPS) is 14.4. The summed E-state index contributed by atoms with van der Waals surface area (Å²) in [5.41, 5.74) is 2.34. The van der Waals surface area contributed by atoms with Gasteiger partial charge >= 0.3 is 6.18 Å². The average Bonchev–Trinajstić information content (AvgIpc) is 3.15. The molecule has 0 bridgehead atoms. The highest BCUT2D eigenvalue weighted by molar-refractivity contribution is 5.94. The summed E-state index contributed by atoms with van der Waals surface area (Å²) in [5, 5.41) is 6.86. The van der Waals surface area contributed by atoms with Gasteiger partial charge in [0.05, 0.1) is 30.2 Å². The first-order valence-electron chi connectivity index (χ1n) is 10.7. The number of carbonyl (C=O) groups is 1. The molecular weight excluding hydrogens is 433 g/mol. The van der Waals surface area contributed by atoms with E-state index in [1.165, 1.54) is 10.7 Å². The number of aryl methyl sites for hydroxylation is 2. The van der Waals surface area contributed by atoms with Crippen molar-refractivity contribution >= 4 is 11.6 Å². The molecule has 1 fully saturated rings. The number of rotatable bonds is 5. The summed E-state index contributed by atoms with van der Waals surface area (Å²) < 4.78 is 48.1. The minimum absolute atomic E-state index is 0.00827. The minimum atomic E-state index is -4.56. The number of nitrogens with one attached hydrogen (secondary N) is 1. The first-order valence-corrected chi connectivity index (χ1v) is 10.7. The number of hydrogen-bond acceptors (Lipinski definition) is 4. The number of hydrogen-bond donors (Lipinski definition) is 1. The zero-order chi connectivity index (χ0) is 23.6. The van der Waals surface area contributed by atoms with E-state index in [1.54, 1.807) is 38.1 Å². The molecule has 33 heavy (non-hydrogen) atoms. The number of halogens is 3. The molecule has 1 aromatic heterocycles. The van der Waals surface area contributed by atoms with Crippen LogP contribution >= 0.6 is 0 Å². The van der Waals surface area contributed by atoms with Crippen LogP contribution in [0.2, 0.25) is 0 Å². The first-order chi connectivity index (χ1) is 15.7. The quantitative estimate of drug-likeness (QED) is 0.620. The van der Waals surface area contributed by atoms with Gasteiger partial charge in [0.1, 0.15) is 0 Å². The van der Waals surface area contributed by atoms with Crippen LogP contribution in [0.5, 0.6) is 0 Å². The molecule has 3 aromatic rings. The van der Waals surface area contributed by atoms with E-state index in [0.29, 0.717) is 24.5 Å². The minimum Gasteiger partial charge on any atom is -0.378 e. The number of carbonyl (C=O) groups excluding carboxylic acids is 1. The van der Waals surface area contributed by atoms with Crippen molar-refractivity contribution in [2.24, 2.45) is 0 Å². The molecule has 1 N–H and O–H groups in total. The average molecular weight is 458 g/mol. The number of amides is 1. The standard InChI is InChI=1S/C24H25F3N4O2/c1-16-13-17(2)31(29-16)21-8-5-19(22(14-21)24(25,26)27)15-28-23(32)18-3-6-20(7-4-18)30-9-11-33-12-10-30/h3-8,13-14H,9-12,15H2,1-2H3,(H,28,32). The van der Waals surface area contributed by atoms with Crippen molar-refractivity contribution in [3.63, 3.8) is 0 Å². The second kappa shape index (κ2) is 9.27. The summed E-state index contributed by atoms with van der Waals surface area (Å²) in [6.07, 6.45) is -4.56. The Labute approximate surface area is 190 Å². The van der Waals surface area contributed by atoms with Gasteiger partial charge in [-0.25, -0.2) is 4.68 Å². The van der Waals surface area contributed by atoms with Gasteiger partial charge < -0.3 is 15.0 Å². The van der Waals surface area contributed by atoms with Crippen molar-refractivity contribution in [2.75, 3.05) is 31.2 Å². The molecule has 0 unspecified atom stereocenters. The van der Waals surface area contributed by atoms with Crippen molar-refractivity contribution in [3.8, 4) is 5.69 Å². The molecular formula is C24H25F3N4O2. The summed E-state index contributed by atoms with van der Waals surface area (Å²) in [6, 6.07) is 12.9. The second-order valence-electron chi connectivity index (χ2n) is 8.01. The summed E-state index contributed by atoms with van der Waals surface area (Å²) in [4.78, 5) is 14.7. The summed E-state index contributed by atoms with van der Waals surface area (Å²) in [5.74, 6) is -0.431. The maximum atomic E-state index is 13.8. The fourth-order valence-corrected chi connectivity index (χ4v) is 3.93. The monoisotopic (exact) mass is 458 g/mol. The molecule has 0 saturated carbocycles. The largest absolute Gasteiger partial charge is 0.416 e. The maximum Gasteiger partial charge on any atom is 0.416 e. The Balaban J connectivity index is 1.49. The van der Waals surface area contributed by atoms with Crippen LogP contribution in [-0.2, 0) is 17.5 Å². The zero-order valence-corrected chi connectivity index (χ0v) is 18.4. The first kappa shape index (κ1) is 22.8. The lowest BCUT2D eigenvalue weighted by molar-refractivity contribution is -0.138. The molecule has 0 aliphatic carbocycles. The number of morpholine rings is 1. The number of ether oxygens (including phenoxy) is 1. The fraction of sp³-hybridized carbons (Fsp3) is 0.333. The van der Waals surface area contributed by atoms with Crippen molar-refractivity contribution < 1.29 is 22.7 Å². The van der Waals surface area contributed by atoms with Crippen LogP contribution in [0, 0.1) is 13.8 Å². The molecule has 2 heterocycles. The lowest BCUT2D eigenvalue weighted by atomic mass is 10.1. The fourth-order valence-electron chi connectivity index (χ4n) is 3.93. The topological polar surface area (TPSA) is 59.4 Å². The molecule has 0 spiro atoms. The van der Waals surface area contributed by atoms with Crippen LogP contribution in [0.3, 0.4) is 0 Å². The summed E-state index contributed by atoms with van der Waals surface area (Å²) in [6.45, 7) is 6.19. The number of anilines is 1. The van der Waals surface area contributed by atoms with Gasteiger partial charge in [-0.15, -0.1) is 0 Å². The number of nitrogens with zero attached hydrogens (tertiary/aromatic N) is 3. The third-order valence-electron chi connectivity index (χ3n) is 5.60. The van der Waals surface area contributed by atoms with Gasteiger partial charge in [0.15, 0.2) is 0 Å². The highest BCUT2D eigenvalue weighted by atomic mass is 19.4. The van der Waals surface area contributed by atoms with Crippen LogP contribution in [0.25, 0.3) is 5.69 Å². The molecule has 1 saturated heterocycles. The molecule has 2 aromatic carbocycles. The van der Waals surface area contributed by atoms with Gasteiger partial charge in [-0.05, 0) is 61.9 Å². The lowest BCUT2D eigenvalue weighted by Crippen LogP contribution is -2.36. The molecule has 1 aliphatic rings. The molecule has 6 nitrogen and oxygen atoms in total. The van der Waals surface area contributed by atoms with E-state index in [2.05, 4.69) is 15.3 Å². The smallest absolute Gasteiger partial charge is 0.378 e. The predicted octanol–water partition coefficient (Wildman–Crippen LogP) is 4.27. The van der Waals surface area contributed by atoms with Crippen LogP contribution in [-0.4, -0.2) is 42.0 Å². The Morgan fingerprint density at radius 1 is 1.03 bits per heavy atom. The van der Waals surface area contributed by atoms with E-state index < -0.39 is 17.6 Å². The molecule has 1 amide bonds. The molecule has 1 aliphatic heterocycles. The Morgan fingerprint density at radius 2 is 1.70 bits per heavy atom. The highest BCUT2D eigenvalue weighted by Crippen LogP contribution is 2.33. The Bertz CT molecular complexity index is 1130. The van der Waals surface area contributed by atoms with Crippen LogP contribution in [0.1, 0.15) is 32.9 Å². The van der Waals surface area contributed by atoms with Gasteiger partial charge in [0, 0.05) is 36.6 Å². The van der Waals surface area contributed by atoms with E-state index in [-0.39, 0.29) is 12.1 Å². The SMILES string of the molecule is Cc1cc(C)n(-c2ccc(CNC(=O)c3ccc(N4CCOCC4)cc3)c(C(F)(F)F)c2)n1. The lowest BCUT2D eigenvalue weighted by Gasteiger charge is -2.28. The van der Waals surface area contributed by atoms with Crippen LogP contribution in [0.4, 0.5) is 18.9 Å². The van der Waals surface area contributed by atoms with Gasteiger partial charge in [-0.1, -0.05) is 6.07 Å². The molecule has 9 heteroatoms. The Morgan fingerprint density at radius 3 is 2.30 bits per heavy atom. The number of aromatic nitrogens is 2. The van der Waals surface area contributed by atoms with Crippen LogP contribution in [0.15, 0.2) is 48.5 Å². The maximum absolute atomic E-state index is 13.8. The predicted molar refractivity (Wildman–Crippen MR) is 119 cm³/mol. The number of benzene rings is 2. The molecule has 4 rings (SSSR count). The van der Waals surface area contributed by atoms with E-state index in [1.807, 2.05) is 12.1 Å².